The number of rotatable bonds is 5. The third-order valence-electron chi connectivity index (χ3n) is 4.03. The van der Waals surface area contributed by atoms with Crippen LogP contribution < -0.4 is 10.6 Å². The summed E-state index contributed by atoms with van der Waals surface area (Å²) >= 11 is 0. The summed E-state index contributed by atoms with van der Waals surface area (Å²) in [5, 5.41) is 5.67. The molecule has 6 heteroatoms. The predicted molar refractivity (Wildman–Crippen MR) is 99.4 cm³/mol. The number of nitrogens with one attached hydrogen (secondary N) is 2. The molecule has 26 heavy (non-hydrogen) atoms. The Balaban J connectivity index is 1.80. The molecule has 1 aromatic carbocycles. The van der Waals surface area contributed by atoms with Gasteiger partial charge in [-0.2, -0.15) is 0 Å². The summed E-state index contributed by atoms with van der Waals surface area (Å²) in [7, 11) is 0. The Bertz CT molecular complexity index is 933. The van der Waals surface area contributed by atoms with Crippen molar-refractivity contribution in [3.8, 4) is 0 Å². The number of carbonyl (C=O) groups excluding carboxylic acids is 2. The first-order valence-electron chi connectivity index (χ1n) is 8.28. The van der Waals surface area contributed by atoms with Gasteiger partial charge in [0.15, 0.2) is 5.76 Å². The van der Waals surface area contributed by atoms with Gasteiger partial charge in [-0.25, -0.2) is 0 Å². The van der Waals surface area contributed by atoms with Crippen molar-refractivity contribution < 1.29 is 14.0 Å². The number of nitrogens with zero attached hydrogens (tertiary/aromatic N) is 1. The topological polar surface area (TPSA) is 84.2 Å². The molecule has 2 N–H and O–H groups in total. The number of hydrogen-bond donors (Lipinski definition) is 2. The van der Waals surface area contributed by atoms with E-state index < -0.39 is 0 Å². The van der Waals surface area contributed by atoms with E-state index in [4.69, 9.17) is 4.42 Å². The van der Waals surface area contributed by atoms with Gasteiger partial charge < -0.3 is 15.1 Å². The van der Waals surface area contributed by atoms with Gasteiger partial charge in [-0.1, -0.05) is 13.0 Å². The van der Waals surface area contributed by atoms with Crippen molar-refractivity contribution in [2.75, 3.05) is 10.6 Å². The monoisotopic (exact) mass is 349 g/mol. The number of amides is 2. The van der Waals surface area contributed by atoms with E-state index in [-0.39, 0.29) is 17.6 Å². The average molecular weight is 349 g/mol. The number of aryl methyl sites for hydroxylation is 2. The number of aromatic nitrogens is 1. The fourth-order valence-electron chi connectivity index (χ4n) is 2.51. The van der Waals surface area contributed by atoms with E-state index in [9.17, 15) is 9.59 Å². The zero-order valence-corrected chi connectivity index (χ0v) is 14.6. The third kappa shape index (κ3) is 3.80. The summed E-state index contributed by atoms with van der Waals surface area (Å²) in [5.74, 6) is -0.402. The molecule has 3 aromatic rings. The van der Waals surface area contributed by atoms with Crippen molar-refractivity contribution in [2.45, 2.75) is 20.3 Å². The van der Waals surface area contributed by atoms with Gasteiger partial charge in [0.25, 0.3) is 11.8 Å². The maximum absolute atomic E-state index is 12.6. The van der Waals surface area contributed by atoms with Gasteiger partial charge in [-0.15, -0.1) is 0 Å². The summed E-state index contributed by atoms with van der Waals surface area (Å²) < 4.78 is 5.09. The molecule has 2 amide bonds. The van der Waals surface area contributed by atoms with E-state index in [1.165, 1.54) is 6.26 Å². The van der Waals surface area contributed by atoms with Crippen LogP contribution in [0.2, 0.25) is 0 Å². The average Bonchev–Trinajstić information content (AvgIpc) is 3.18. The quantitative estimate of drug-likeness (QED) is 0.728. The van der Waals surface area contributed by atoms with Gasteiger partial charge in [0.1, 0.15) is 0 Å². The summed E-state index contributed by atoms with van der Waals surface area (Å²) in [6, 6.07) is 10.2. The standard InChI is InChI=1S/C20H19N3O3/c1-3-14-12-21-9-8-16(14)22-19(24)15-7-6-13(2)17(11-15)23-20(25)18-5-4-10-26-18/h4-12H,3H2,1-2H3,(H,23,25)(H,21,22,24). The van der Waals surface area contributed by atoms with E-state index in [0.29, 0.717) is 11.3 Å². The Morgan fingerprint density at radius 2 is 1.88 bits per heavy atom. The first-order valence-corrected chi connectivity index (χ1v) is 8.28. The summed E-state index contributed by atoms with van der Waals surface area (Å²) in [6.07, 6.45) is 5.58. The van der Waals surface area contributed by atoms with Crippen molar-refractivity contribution >= 4 is 23.2 Å². The van der Waals surface area contributed by atoms with Crippen LogP contribution in [0.1, 0.15) is 39.0 Å². The smallest absolute Gasteiger partial charge is 0.291 e. The van der Waals surface area contributed by atoms with Crippen LogP contribution in [-0.2, 0) is 6.42 Å². The van der Waals surface area contributed by atoms with Crippen LogP contribution >= 0.6 is 0 Å². The number of carbonyl (C=O) groups is 2. The fraction of sp³-hybridized carbons (Fsp3) is 0.150. The van der Waals surface area contributed by atoms with Gasteiger partial charge in [0.05, 0.1) is 6.26 Å². The molecule has 0 radical (unpaired) electrons. The molecule has 132 valence electrons. The molecule has 0 atom stereocenters. The number of pyridine rings is 1. The van der Waals surface area contributed by atoms with E-state index >= 15 is 0 Å². The summed E-state index contributed by atoms with van der Waals surface area (Å²) in [6.45, 7) is 3.86. The first kappa shape index (κ1) is 17.4. The molecule has 0 fully saturated rings. The molecule has 0 aliphatic rings. The zero-order valence-electron chi connectivity index (χ0n) is 14.6. The van der Waals surface area contributed by atoms with E-state index in [1.807, 2.05) is 13.8 Å². The van der Waals surface area contributed by atoms with Crippen molar-refractivity contribution in [2.24, 2.45) is 0 Å². The number of anilines is 2. The molecule has 3 rings (SSSR count). The van der Waals surface area contributed by atoms with E-state index in [2.05, 4.69) is 15.6 Å². The summed E-state index contributed by atoms with van der Waals surface area (Å²) in [5.41, 5.74) is 3.54. The Kier molecular flexibility index (Phi) is 5.12. The Hall–Kier alpha value is -3.41. The number of furan rings is 1. The molecule has 0 spiro atoms. The van der Waals surface area contributed by atoms with Gasteiger partial charge >= 0.3 is 0 Å². The molecule has 6 nitrogen and oxygen atoms in total. The zero-order chi connectivity index (χ0) is 18.5. The Morgan fingerprint density at radius 3 is 2.62 bits per heavy atom. The molecule has 2 aromatic heterocycles. The second-order valence-electron chi connectivity index (χ2n) is 5.80. The van der Waals surface area contributed by atoms with Crippen molar-refractivity contribution in [3.63, 3.8) is 0 Å². The first-order chi connectivity index (χ1) is 12.6. The van der Waals surface area contributed by atoms with Crippen LogP contribution in [0.3, 0.4) is 0 Å². The molecule has 0 unspecified atom stereocenters. The Labute approximate surface area is 151 Å². The highest BCUT2D eigenvalue weighted by atomic mass is 16.3. The lowest BCUT2D eigenvalue weighted by Crippen LogP contribution is -2.16. The predicted octanol–water partition coefficient (Wildman–Crippen LogP) is 4.05. The largest absolute Gasteiger partial charge is 0.459 e. The summed E-state index contributed by atoms with van der Waals surface area (Å²) in [4.78, 5) is 28.8. The highest BCUT2D eigenvalue weighted by Crippen LogP contribution is 2.20. The lowest BCUT2D eigenvalue weighted by molar-refractivity contribution is 0.0993. The van der Waals surface area contributed by atoms with E-state index in [1.54, 1.807) is 48.8 Å². The third-order valence-corrected chi connectivity index (χ3v) is 4.03. The molecule has 0 bridgehead atoms. The SMILES string of the molecule is CCc1cnccc1NC(=O)c1ccc(C)c(NC(=O)c2ccco2)c1. The minimum absolute atomic E-state index is 0.212. The van der Waals surface area contributed by atoms with Crippen molar-refractivity contribution in [1.29, 1.82) is 0 Å². The highest BCUT2D eigenvalue weighted by Gasteiger charge is 2.14. The second-order valence-corrected chi connectivity index (χ2v) is 5.80. The minimum atomic E-state index is -0.363. The van der Waals surface area contributed by atoms with Crippen LogP contribution in [-0.4, -0.2) is 16.8 Å². The lowest BCUT2D eigenvalue weighted by atomic mass is 10.1. The van der Waals surface area contributed by atoms with Crippen molar-refractivity contribution in [1.82, 2.24) is 4.98 Å². The van der Waals surface area contributed by atoms with Gasteiger partial charge in [0.2, 0.25) is 0 Å². The maximum atomic E-state index is 12.6. The number of benzene rings is 1. The molecule has 2 heterocycles. The van der Waals surface area contributed by atoms with Gasteiger partial charge in [-0.05, 0) is 54.8 Å². The Morgan fingerprint density at radius 1 is 1.08 bits per heavy atom. The highest BCUT2D eigenvalue weighted by molar-refractivity contribution is 6.07. The van der Waals surface area contributed by atoms with Crippen LogP contribution in [0.5, 0.6) is 0 Å². The fourth-order valence-corrected chi connectivity index (χ4v) is 2.51. The van der Waals surface area contributed by atoms with Gasteiger partial charge in [-0.3, -0.25) is 14.6 Å². The van der Waals surface area contributed by atoms with Crippen LogP contribution in [0.25, 0.3) is 0 Å². The number of hydrogen-bond acceptors (Lipinski definition) is 4. The van der Waals surface area contributed by atoms with Gasteiger partial charge in [0, 0.05) is 29.3 Å². The molecule has 0 aliphatic carbocycles. The molecule has 0 saturated heterocycles. The second kappa shape index (κ2) is 7.65. The molecular formula is C20H19N3O3. The normalized spacial score (nSPS) is 10.4. The lowest BCUT2D eigenvalue weighted by Gasteiger charge is -2.12. The molecule has 0 aliphatic heterocycles. The molecular weight excluding hydrogens is 330 g/mol. The van der Waals surface area contributed by atoms with E-state index in [0.717, 1.165) is 23.2 Å². The van der Waals surface area contributed by atoms with Crippen LogP contribution in [0, 0.1) is 6.92 Å². The van der Waals surface area contributed by atoms with Crippen LogP contribution in [0.15, 0.2) is 59.5 Å². The molecule has 0 saturated carbocycles. The van der Waals surface area contributed by atoms with Crippen molar-refractivity contribution in [3.05, 3.63) is 77.5 Å². The van der Waals surface area contributed by atoms with Crippen LogP contribution in [0.4, 0.5) is 11.4 Å². The minimum Gasteiger partial charge on any atom is -0.459 e. The maximum Gasteiger partial charge on any atom is 0.291 e.